The summed E-state index contributed by atoms with van der Waals surface area (Å²) in [6, 6.07) is 6.21. The summed E-state index contributed by atoms with van der Waals surface area (Å²) < 4.78 is 5.13. The summed E-state index contributed by atoms with van der Waals surface area (Å²) in [4.78, 5) is 65.6. The molecular formula is C23H28N4O6. The summed E-state index contributed by atoms with van der Waals surface area (Å²) in [5, 5.41) is 5.54. The maximum Gasteiger partial charge on any atom is 0.326 e. The molecule has 2 heterocycles. The van der Waals surface area contributed by atoms with Crippen molar-refractivity contribution in [1.29, 1.82) is 0 Å². The quantitative estimate of drug-likeness (QED) is 0.526. The molecule has 5 amide bonds. The molecular weight excluding hydrogens is 428 g/mol. The van der Waals surface area contributed by atoms with E-state index in [-0.39, 0.29) is 11.8 Å². The molecule has 176 valence electrons. The first kappa shape index (κ1) is 22.8. The largest absolute Gasteiger partial charge is 0.454 e. The van der Waals surface area contributed by atoms with Gasteiger partial charge in [0.25, 0.3) is 11.8 Å². The van der Waals surface area contributed by atoms with Crippen molar-refractivity contribution in [3.8, 4) is 0 Å². The highest BCUT2D eigenvalue weighted by Crippen LogP contribution is 2.38. The van der Waals surface area contributed by atoms with Crippen molar-refractivity contribution in [2.24, 2.45) is 5.92 Å². The third-order valence-corrected chi connectivity index (χ3v) is 6.90. The molecule has 3 aliphatic rings. The van der Waals surface area contributed by atoms with Gasteiger partial charge in [-0.3, -0.25) is 29.0 Å². The molecule has 0 bridgehead atoms. The molecule has 1 spiro atoms. The van der Waals surface area contributed by atoms with Crippen LogP contribution in [0.15, 0.2) is 24.3 Å². The number of fused-ring (bicyclic) bond motifs is 1. The second kappa shape index (κ2) is 8.17. The van der Waals surface area contributed by atoms with E-state index >= 15 is 0 Å². The lowest BCUT2D eigenvalue weighted by Crippen LogP contribution is -2.59. The van der Waals surface area contributed by atoms with Gasteiger partial charge in [0.05, 0.1) is 11.4 Å². The van der Waals surface area contributed by atoms with E-state index in [9.17, 15) is 24.0 Å². The first-order chi connectivity index (χ1) is 15.6. The number of hydrogen-bond donors (Lipinski definition) is 2. The molecule has 2 aliphatic heterocycles. The van der Waals surface area contributed by atoms with E-state index in [0.717, 1.165) is 24.2 Å². The van der Waals surface area contributed by atoms with Crippen LogP contribution in [-0.2, 0) is 23.9 Å². The van der Waals surface area contributed by atoms with Crippen molar-refractivity contribution in [2.45, 2.75) is 57.5 Å². The topological polar surface area (TPSA) is 125 Å². The number of anilines is 2. The summed E-state index contributed by atoms with van der Waals surface area (Å²) in [5.74, 6) is -2.29. The summed E-state index contributed by atoms with van der Waals surface area (Å²) in [6.45, 7) is 3.90. The molecule has 0 aromatic heterocycles. The maximum absolute atomic E-state index is 13.0. The van der Waals surface area contributed by atoms with Gasteiger partial charge in [0.2, 0.25) is 5.91 Å². The van der Waals surface area contributed by atoms with E-state index < -0.39 is 48.0 Å². The second-order valence-corrected chi connectivity index (χ2v) is 9.36. The molecule has 0 radical (unpaired) electrons. The normalized spacial score (nSPS) is 26.0. The summed E-state index contributed by atoms with van der Waals surface area (Å²) in [5.41, 5.74) is -1.20. The Hall–Kier alpha value is -3.43. The van der Waals surface area contributed by atoms with Crippen LogP contribution in [0.2, 0.25) is 0 Å². The number of nitrogens with one attached hydrogen (secondary N) is 2. The number of rotatable bonds is 4. The fourth-order valence-electron chi connectivity index (χ4n) is 4.92. The van der Waals surface area contributed by atoms with Gasteiger partial charge >= 0.3 is 12.0 Å². The lowest BCUT2D eigenvalue weighted by Gasteiger charge is -2.41. The zero-order valence-electron chi connectivity index (χ0n) is 19.0. The molecule has 10 heteroatoms. The molecule has 1 aromatic carbocycles. The Balaban J connectivity index is 1.42. The number of ether oxygens (including phenoxy) is 1. The van der Waals surface area contributed by atoms with Crippen LogP contribution in [0.5, 0.6) is 0 Å². The second-order valence-electron chi connectivity index (χ2n) is 9.36. The lowest BCUT2D eigenvalue weighted by atomic mass is 9.73. The highest BCUT2D eigenvalue weighted by atomic mass is 16.5. The summed E-state index contributed by atoms with van der Waals surface area (Å²) in [6.07, 6.45) is 3.17. The summed E-state index contributed by atoms with van der Waals surface area (Å²) >= 11 is 0. The molecule has 1 aromatic rings. The highest BCUT2D eigenvalue weighted by Gasteiger charge is 2.55. The molecule has 2 atom stereocenters. The summed E-state index contributed by atoms with van der Waals surface area (Å²) in [7, 11) is 0. The van der Waals surface area contributed by atoms with Gasteiger partial charge in [0, 0.05) is 0 Å². The Kier molecular flexibility index (Phi) is 5.63. The minimum atomic E-state index is -1.20. The van der Waals surface area contributed by atoms with E-state index in [2.05, 4.69) is 10.6 Å². The SMILES string of the molecule is CC1CCCCC12NC(=O)N(CC(=O)OCC(=O)N1c3ccccc3NC(=O)C1(C)C)C2=O. The van der Waals surface area contributed by atoms with Gasteiger partial charge < -0.3 is 15.4 Å². The van der Waals surface area contributed by atoms with E-state index in [1.54, 1.807) is 38.1 Å². The number of nitrogens with zero attached hydrogens (tertiary/aromatic N) is 2. The third-order valence-electron chi connectivity index (χ3n) is 6.90. The number of amides is 5. The Morgan fingerprint density at radius 2 is 1.88 bits per heavy atom. The van der Waals surface area contributed by atoms with Gasteiger partial charge in [-0.15, -0.1) is 0 Å². The van der Waals surface area contributed by atoms with Gasteiger partial charge in [0.1, 0.15) is 17.6 Å². The molecule has 2 N–H and O–H groups in total. The smallest absolute Gasteiger partial charge is 0.326 e. The zero-order chi connectivity index (χ0) is 24.0. The molecule has 2 unspecified atom stereocenters. The molecule has 2 fully saturated rings. The standard InChI is InChI=1S/C23H28N4O6/c1-14-8-6-7-11-23(14)20(31)26(21(32)25-23)12-18(29)33-13-17(28)27-16-10-5-4-9-15(16)24-19(30)22(27,2)3/h4-5,9-10,14H,6-8,11-13H2,1-3H3,(H,24,30)(H,25,32). The first-order valence-electron chi connectivity index (χ1n) is 11.1. The molecule has 10 nitrogen and oxygen atoms in total. The molecule has 1 aliphatic carbocycles. The van der Waals surface area contributed by atoms with Crippen LogP contribution in [0.3, 0.4) is 0 Å². The van der Waals surface area contributed by atoms with Crippen molar-refractivity contribution in [1.82, 2.24) is 10.2 Å². The minimum Gasteiger partial charge on any atom is -0.454 e. The number of imide groups is 1. The Morgan fingerprint density at radius 3 is 2.61 bits per heavy atom. The number of benzene rings is 1. The molecule has 33 heavy (non-hydrogen) atoms. The van der Waals surface area contributed by atoms with Crippen LogP contribution in [0, 0.1) is 5.92 Å². The molecule has 1 saturated heterocycles. The fraction of sp³-hybridized carbons (Fsp3) is 0.522. The number of carbonyl (C=O) groups excluding carboxylic acids is 5. The number of hydrogen-bond acceptors (Lipinski definition) is 6. The van der Waals surface area contributed by atoms with Crippen LogP contribution in [0.4, 0.5) is 16.2 Å². The Bertz CT molecular complexity index is 1040. The van der Waals surface area contributed by atoms with Gasteiger partial charge in [0.15, 0.2) is 6.61 Å². The lowest BCUT2D eigenvalue weighted by molar-refractivity contribution is -0.151. The van der Waals surface area contributed by atoms with Crippen molar-refractivity contribution in [2.75, 3.05) is 23.4 Å². The van der Waals surface area contributed by atoms with Crippen molar-refractivity contribution < 1.29 is 28.7 Å². The number of esters is 1. The minimum absolute atomic E-state index is 0.0298. The average molecular weight is 456 g/mol. The predicted octanol–water partition coefficient (Wildman–Crippen LogP) is 1.79. The van der Waals surface area contributed by atoms with Gasteiger partial charge in [-0.2, -0.15) is 0 Å². The van der Waals surface area contributed by atoms with Gasteiger partial charge in [-0.25, -0.2) is 4.79 Å². The highest BCUT2D eigenvalue weighted by molar-refractivity contribution is 6.14. The molecule has 1 saturated carbocycles. The third kappa shape index (κ3) is 3.73. The monoisotopic (exact) mass is 456 g/mol. The average Bonchev–Trinajstić information content (AvgIpc) is 3.00. The van der Waals surface area contributed by atoms with Crippen LogP contribution in [0.25, 0.3) is 0 Å². The van der Waals surface area contributed by atoms with Crippen LogP contribution >= 0.6 is 0 Å². The van der Waals surface area contributed by atoms with Crippen LogP contribution < -0.4 is 15.5 Å². The number of urea groups is 1. The van der Waals surface area contributed by atoms with Crippen molar-refractivity contribution in [3.05, 3.63) is 24.3 Å². The maximum atomic E-state index is 13.0. The molecule has 4 rings (SSSR count). The van der Waals surface area contributed by atoms with E-state index in [4.69, 9.17) is 4.74 Å². The van der Waals surface area contributed by atoms with Crippen molar-refractivity contribution in [3.63, 3.8) is 0 Å². The fourth-order valence-corrected chi connectivity index (χ4v) is 4.92. The first-order valence-corrected chi connectivity index (χ1v) is 11.1. The zero-order valence-corrected chi connectivity index (χ0v) is 19.0. The number of para-hydroxylation sites is 2. The van der Waals surface area contributed by atoms with Crippen LogP contribution in [-0.4, -0.2) is 58.9 Å². The number of carbonyl (C=O) groups is 5. The van der Waals surface area contributed by atoms with Gasteiger partial charge in [-0.05, 0) is 44.7 Å². The Morgan fingerprint density at radius 1 is 1.15 bits per heavy atom. The van der Waals surface area contributed by atoms with Gasteiger partial charge in [-0.1, -0.05) is 31.9 Å². The predicted molar refractivity (Wildman–Crippen MR) is 118 cm³/mol. The van der Waals surface area contributed by atoms with Crippen molar-refractivity contribution >= 4 is 41.1 Å². The van der Waals surface area contributed by atoms with Crippen LogP contribution in [0.1, 0.15) is 46.5 Å². The van der Waals surface area contributed by atoms with E-state index in [1.165, 1.54) is 4.90 Å². The Labute approximate surface area is 191 Å². The van der Waals surface area contributed by atoms with E-state index in [1.807, 2.05) is 6.92 Å². The van der Waals surface area contributed by atoms with E-state index in [0.29, 0.717) is 17.8 Å².